The van der Waals surface area contributed by atoms with Crippen molar-refractivity contribution in [2.75, 3.05) is 0 Å². The molecule has 3 aromatic carbocycles. The number of carbonyl (C=O) groups is 1. The quantitative estimate of drug-likeness (QED) is 0.301. The Labute approximate surface area is 185 Å². The number of ether oxygens (including phenoxy) is 1. The first kappa shape index (κ1) is 20.9. The molecule has 160 valence electrons. The summed E-state index contributed by atoms with van der Waals surface area (Å²) >= 11 is 0. The van der Waals surface area contributed by atoms with Crippen LogP contribution in [0.1, 0.15) is 27.2 Å². The van der Waals surface area contributed by atoms with Gasteiger partial charge in [-0.2, -0.15) is 10.2 Å². The number of aromatic nitrogens is 2. The number of hydrazone groups is 1. The lowest BCUT2D eigenvalue weighted by atomic mass is 10.1. The Balaban J connectivity index is 1.33. The van der Waals surface area contributed by atoms with Crippen LogP contribution in [0.15, 0.2) is 84.0 Å². The molecule has 0 unspecified atom stereocenters. The second-order valence-electron chi connectivity index (χ2n) is 7.26. The molecule has 0 aliphatic heterocycles. The fraction of sp³-hybridized carbons (Fsp3) is 0.0800. The minimum Gasteiger partial charge on any atom is -0.508 e. The number of phenols is 1. The van der Waals surface area contributed by atoms with Gasteiger partial charge < -0.3 is 9.84 Å². The molecular formula is C25H22N4O3. The molecule has 1 amide bonds. The third-order valence-electron chi connectivity index (χ3n) is 4.77. The number of aryl methyl sites for hydroxylation is 1. The van der Waals surface area contributed by atoms with Crippen LogP contribution in [0.2, 0.25) is 0 Å². The van der Waals surface area contributed by atoms with Crippen molar-refractivity contribution in [3.05, 3.63) is 101 Å². The van der Waals surface area contributed by atoms with Gasteiger partial charge in [-0.15, -0.1) is 0 Å². The normalized spacial score (nSPS) is 10.9. The van der Waals surface area contributed by atoms with Gasteiger partial charge in [-0.3, -0.25) is 9.89 Å². The highest BCUT2D eigenvalue weighted by molar-refractivity contribution is 5.94. The van der Waals surface area contributed by atoms with E-state index in [0.29, 0.717) is 18.0 Å². The van der Waals surface area contributed by atoms with E-state index in [4.69, 9.17) is 4.74 Å². The minimum atomic E-state index is -0.406. The summed E-state index contributed by atoms with van der Waals surface area (Å²) in [5, 5.41) is 20.1. The maximum Gasteiger partial charge on any atom is 0.289 e. The van der Waals surface area contributed by atoms with Crippen LogP contribution in [0, 0.1) is 6.92 Å². The minimum absolute atomic E-state index is 0.169. The highest BCUT2D eigenvalue weighted by Crippen LogP contribution is 2.22. The van der Waals surface area contributed by atoms with E-state index in [1.54, 1.807) is 30.3 Å². The van der Waals surface area contributed by atoms with Crippen LogP contribution < -0.4 is 10.2 Å². The van der Waals surface area contributed by atoms with Gasteiger partial charge in [0.1, 0.15) is 23.8 Å². The number of hydrogen-bond donors (Lipinski definition) is 3. The fourth-order valence-electron chi connectivity index (χ4n) is 2.94. The Morgan fingerprint density at radius 3 is 2.50 bits per heavy atom. The molecule has 0 saturated heterocycles. The largest absolute Gasteiger partial charge is 0.508 e. The van der Waals surface area contributed by atoms with Gasteiger partial charge in [-0.1, -0.05) is 29.8 Å². The van der Waals surface area contributed by atoms with E-state index in [1.165, 1.54) is 11.8 Å². The number of carbonyl (C=O) groups excluding carboxylic acids is 1. The van der Waals surface area contributed by atoms with Crippen molar-refractivity contribution in [3.8, 4) is 22.8 Å². The predicted molar refractivity (Wildman–Crippen MR) is 123 cm³/mol. The third kappa shape index (κ3) is 5.40. The van der Waals surface area contributed by atoms with E-state index in [9.17, 15) is 9.90 Å². The van der Waals surface area contributed by atoms with Crippen LogP contribution in [0.4, 0.5) is 0 Å². The number of phenolic OH excluding ortho intramolecular Hbond substituents is 1. The summed E-state index contributed by atoms with van der Waals surface area (Å²) in [6.45, 7) is 2.55. The van der Waals surface area contributed by atoms with E-state index in [1.807, 2.05) is 24.3 Å². The molecule has 0 saturated carbocycles. The number of amides is 1. The maximum absolute atomic E-state index is 12.3. The number of rotatable bonds is 7. The lowest BCUT2D eigenvalue weighted by molar-refractivity contribution is 0.0950. The van der Waals surface area contributed by atoms with E-state index in [0.717, 1.165) is 22.4 Å². The Bertz CT molecular complexity index is 1210. The number of H-pyrrole nitrogens is 1. The molecule has 0 bridgehead atoms. The smallest absolute Gasteiger partial charge is 0.289 e. The zero-order chi connectivity index (χ0) is 22.3. The molecule has 4 rings (SSSR count). The highest BCUT2D eigenvalue weighted by Gasteiger charge is 2.10. The molecule has 0 atom stereocenters. The van der Waals surface area contributed by atoms with E-state index in [2.05, 4.69) is 51.9 Å². The second kappa shape index (κ2) is 9.61. The maximum atomic E-state index is 12.3. The number of aromatic amines is 1. The van der Waals surface area contributed by atoms with Crippen LogP contribution in [-0.2, 0) is 6.61 Å². The first-order valence-corrected chi connectivity index (χ1v) is 10.0. The van der Waals surface area contributed by atoms with Crippen LogP contribution in [0.3, 0.4) is 0 Å². The summed E-state index contributed by atoms with van der Waals surface area (Å²) < 4.78 is 5.83. The van der Waals surface area contributed by atoms with Gasteiger partial charge in [0.15, 0.2) is 0 Å². The van der Waals surface area contributed by atoms with Crippen molar-refractivity contribution >= 4 is 12.1 Å². The zero-order valence-electron chi connectivity index (χ0n) is 17.4. The van der Waals surface area contributed by atoms with Crippen molar-refractivity contribution in [3.63, 3.8) is 0 Å². The molecule has 0 aliphatic carbocycles. The highest BCUT2D eigenvalue weighted by atomic mass is 16.5. The molecule has 4 aromatic rings. The van der Waals surface area contributed by atoms with Gasteiger partial charge >= 0.3 is 0 Å². The average Bonchev–Trinajstić information content (AvgIpc) is 3.31. The Morgan fingerprint density at radius 2 is 1.78 bits per heavy atom. The molecule has 0 radical (unpaired) electrons. The Morgan fingerprint density at radius 1 is 1.06 bits per heavy atom. The second-order valence-corrected chi connectivity index (χ2v) is 7.26. The number of nitrogens with one attached hydrogen (secondary N) is 2. The van der Waals surface area contributed by atoms with E-state index >= 15 is 0 Å². The summed E-state index contributed by atoms with van der Waals surface area (Å²) in [7, 11) is 0. The topological polar surface area (TPSA) is 99.6 Å². The lowest BCUT2D eigenvalue weighted by Crippen LogP contribution is -2.17. The van der Waals surface area contributed by atoms with Crippen molar-refractivity contribution in [1.82, 2.24) is 15.6 Å². The number of aromatic hydroxyl groups is 1. The first-order valence-electron chi connectivity index (χ1n) is 10.0. The molecule has 0 aliphatic rings. The van der Waals surface area contributed by atoms with Crippen LogP contribution in [-0.4, -0.2) is 27.4 Å². The third-order valence-corrected chi connectivity index (χ3v) is 4.77. The molecule has 0 spiro atoms. The average molecular weight is 426 g/mol. The monoisotopic (exact) mass is 426 g/mol. The molecular weight excluding hydrogens is 404 g/mol. The molecule has 1 heterocycles. The van der Waals surface area contributed by atoms with Crippen molar-refractivity contribution < 1.29 is 14.6 Å². The van der Waals surface area contributed by atoms with Crippen molar-refractivity contribution in [1.29, 1.82) is 0 Å². The van der Waals surface area contributed by atoms with Gasteiger partial charge in [0.25, 0.3) is 5.91 Å². The summed E-state index contributed by atoms with van der Waals surface area (Å²) in [6.07, 6.45) is 1.49. The zero-order valence-corrected chi connectivity index (χ0v) is 17.4. The van der Waals surface area contributed by atoms with Gasteiger partial charge in [0, 0.05) is 5.56 Å². The molecule has 3 N–H and O–H groups in total. The molecule has 0 fully saturated rings. The lowest BCUT2D eigenvalue weighted by Gasteiger charge is -2.07. The van der Waals surface area contributed by atoms with Gasteiger partial charge in [-0.25, -0.2) is 5.43 Å². The number of benzene rings is 3. The summed E-state index contributed by atoms with van der Waals surface area (Å²) in [4.78, 5) is 12.3. The molecule has 32 heavy (non-hydrogen) atoms. The fourth-order valence-corrected chi connectivity index (χ4v) is 2.94. The number of nitrogens with zero attached hydrogens (tertiary/aromatic N) is 2. The molecule has 7 nitrogen and oxygen atoms in total. The first-order chi connectivity index (χ1) is 15.6. The van der Waals surface area contributed by atoms with E-state index < -0.39 is 5.91 Å². The van der Waals surface area contributed by atoms with Gasteiger partial charge in [-0.05, 0) is 72.6 Å². The van der Waals surface area contributed by atoms with E-state index in [-0.39, 0.29) is 5.75 Å². The summed E-state index contributed by atoms with van der Waals surface area (Å²) in [5.41, 5.74) is 7.31. The van der Waals surface area contributed by atoms with Gasteiger partial charge in [0.2, 0.25) is 0 Å². The van der Waals surface area contributed by atoms with Crippen LogP contribution >= 0.6 is 0 Å². The standard InChI is InChI=1S/C25H22N4O3/c1-17-2-4-19(5-3-17)16-32-22-12-8-20(9-13-22)23-14-24(28-27-23)25(31)29-26-15-18-6-10-21(30)11-7-18/h2-15,30H,16H2,1H3,(H,27,28)(H,29,31)/b26-15+. The predicted octanol–water partition coefficient (Wildman–Crippen LogP) is 4.43. The SMILES string of the molecule is Cc1ccc(COc2ccc(-c3cc(C(=O)N/N=C/c4ccc(O)cc4)[nH]n3)cc2)cc1. The Hall–Kier alpha value is -4.39. The molecule has 1 aromatic heterocycles. The summed E-state index contributed by atoms with van der Waals surface area (Å²) in [6, 6.07) is 23.9. The summed E-state index contributed by atoms with van der Waals surface area (Å²) in [5.74, 6) is 0.519. The number of hydrogen-bond acceptors (Lipinski definition) is 5. The molecule has 7 heteroatoms. The Kier molecular flexibility index (Phi) is 6.27. The van der Waals surface area contributed by atoms with Crippen LogP contribution in [0.25, 0.3) is 11.3 Å². The van der Waals surface area contributed by atoms with Crippen molar-refractivity contribution in [2.24, 2.45) is 5.10 Å². The van der Waals surface area contributed by atoms with Gasteiger partial charge in [0.05, 0.1) is 11.9 Å². The van der Waals surface area contributed by atoms with Crippen molar-refractivity contribution in [2.45, 2.75) is 13.5 Å². The van der Waals surface area contributed by atoms with Crippen LogP contribution in [0.5, 0.6) is 11.5 Å².